The third-order valence-electron chi connectivity index (χ3n) is 3.80. The number of rotatable bonds is 4. The Balaban J connectivity index is 2.86. The van der Waals surface area contributed by atoms with Crippen LogP contribution in [0.2, 0.25) is 0 Å². The number of sulfone groups is 1. The fourth-order valence-electron chi connectivity index (χ4n) is 2.25. The third kappa shape index (κ3) is 4.34. The van der Waals surface area contributed by atoms with Crippen LogP contribution >= 0.6 is 0 Å². The van der Waals surface area contributed by atoms with Crippen molar-refractivity contribution in [2.75, 3.05) is 39.0 Å². The fraction of sp³-hybridized carbons (Fsp3) is 0.857. The number of esters is 1. The summed E-state index contributed by atoms with van der Waals surface area (Å²) in [4.78, 5) is 17.8. The van der Waals surface area contributed by atoms with Crippen LogP contribution in [0.3, 0.4) is 0 Å². The summed E-state index contributed by atoms with van der Waals surface area (Å²) in [5.41, 5.74) is 0. The van der Waals surface area contributed by atoms with Crippen LogP contribution in [0.4, 0.5) is 0 Å². The molecule has 0 amide bonds. The molecule has 1 saturated heterocycles. The zero-order chi connectivity index (χ0) is 17.0. The molecule has 1 atom stereocenters. The van der Waals surface area contributed by atoms with E-state index in [9.17, 15) is 13.2 Å². The number of nitrogens with zero attached hydrogens (tertiary/aromatic N) is 2. The Bertz CT molecular complexity index is 528. The number of nitrogens with one attached hydrogen (secondary N) is 1. The van der Waals surface area contributed by atoms with Gasteiger partial charge in [0.05, 0.1) is 30.1 Å². The maximum Gasteiger partial charge on any atom is 0.310 e. The van der Waals surface area contributed by atoms with Gasteiger partial charge in [0.2, 0.25) is 0 Å². The van der Waals surface area contributed by atoms with Crippen molar-refractivity contribution in [3.8, 4) is 0 Å². The molecule has 8 heteroatoms. The minimum Gasteiger partial charge on any atom is -0.469 e. The summed E-state index contributed by atoms with van der Waals surface area (Å²) < 4.78 is 28.0. The first-order valence-corrected chi connectivity index (χ1v) is 9.13. The summed E-state index contributed by atoms with van der Waals surface area (Å²) in [7, 11) is -1.74. The Morgan fingerprint density at radius 1 is 1.45 bits per heavy atom. The highest BCUT2D eigenvalue weighted by Gasteiger charge is 2.41. The van der Waals surface area contributed by atoms with Gasteiger partial charge in [-0.05, 0) is 20.8 Å². The number of methoxy groups -OCH3 is 1. The monoisotopic (exact) mass is 333 g/mol. The summed E-state index contributed by atoms with van der Waals surface area (Å²) in [6, 6.07) is 0. The zero-order valence-electron chi connectivity index (χ0n) is 14.0. The number of ether oxygens (including phenoxy) is 1. The third-order valence-corrected chi connectivity index (χ3v) is 6.33. The van der Waals surface area contributed by atoms with E-state index in [0.717, 1.165) is 0 Å². The molecule has 0 spiro atoms. The Morgan fingerprint density at radius 2 is 2.09 bits per heavy atom. The van der Waals surface area contributed by atoms with Gasteiger partial charge < -0.3 is 15.0 Å². The van der Waals surface area contributed by atoms with Gasteiger partial charge in [0.25, 0.3) is 0 Å². The summed E-state index contributed by atoms with van der Waals surface area (Å²) >= 11 is 0. The van der Waals surface area contributed by atoms with Gasteiger partial charge in [-0.2, -0.15) is 0 Å². The van der Waals surface area contributed by atoms with Gasteiger partial charge in [-0.25, -0.2) is 8.42 Å². The van der Waals surface area contributed by atoms with Crippen molar-refractivity contribution in [2.45, 2.75) is 32.4 Å². The van der Waals surface area contributed by atoms with Crippen LogP contribution in [0.25, 0.3) is 0 Å². The van der Waals surface area contributed by atoms with E-state index >= 15 is 0 Å². The van der Waals surface area contributed by atoms with Crippen molar-refractivity contribution in [1.82, 2.24) is 10.2 Å². The van der Waals surface area contributed by atoms with Crippen LogP contribution in [-0.4, -0.2) is 69.0 Å². The Hall–Kier alpha value is -1.31. The first-order chi connectivity index (χ1) is 10.1. The van der Waals surface area contributed by atoms with E-state index < -0.39 is 14.6 Å². The molecule has 128 valence electrons. The normalized spacial score (nSPS) is 22.0. The van der Waals surface area contributed by atoms with Crippen molar-refractivity contribution in [2.24, 2.45) is 10.9 Å². The fourth-order valence-corrected chi connectivity index (χ4v) is 3.62. The Kier molecular flexibility index (Phi) is 6.22. The summed E-state index contributed by atoms with van der Waals surface area (Å²) in [5, 5.41) is 3.16. The molecule has 0 bridgehead atoms. The largest absolute Gasteiger partial charge is 0.469 e. The highest BCUT2D eigenvalue weighted by atomic mass is 32.2. The molecule has 1 rings (SSSR count). The molecule has 0 saturated carbocycles. The van der Waals surface area contributed by atoms with Crippen LogP contribution in [0, 0.1) is 5.92 Å². The first-order valence-electron chi connectivity index (χ1n) is 7.48. The maximum atomic E-state index is 12.1. The van der Waals surface area contributed by atoms with Crippen LogP contribution in [-0.2, 0) is 19.4 Å². The first kappa shape index (κ1) is 18.7. The van der Waals surface area contributed by atoms with Crippen molar-refractivity contribution < 1.29 is 17.9 Å². The van der Waals surface area contributed by atoms with Gasteiger partial charge in [0.15, 0.2) is 15.8 Å². The molecule has 1 aliphatic rings. The lowest BCUT2D eigenvalue weighted by Gasteiger charge is -2.39. The molecule has 7 nitrogen and oxygen atoms in total. The highest BCUT2D eigenvalue weighted by Crippen LogP contribution is 2.23. The number of guanidine groups is 1. The minimum absolute atomic E-state index is 0.108. The molecule has 1 heterocycles. The van der Waals surface area contributed by atoms with E-state index in [1.54, 1.807) is 20.8 Å². The van der Waals surface area contributed by atoms with Gasteiger partial charge in [-0.15, -0.1) is 0 Å². The van der Waals surface area contributed by atoms with Crippen molar-refractivity contribution in [3.63, 3.8) is 0 Å². The number of aliphatic imine (C=N–C) groups is 1. The molecule has 0 aromatic rings. The van der Waals surface area contributed by atoms with E-state index in [1.165, 1.54) is 7.11 Å². The molecule has 22 heavy (non-hydrogen) atoms. The SMILES string of the molecule is CCNC(=NCC(C)C(=O)OC)N1CCS(=O)(=O)C(C)(C)C1. The molecule has 1 aliphatic heterocycles. The standard InChI is InChI=1S/C14H27N3O4S/c1-6-15-13(16-9-11(2)12(18)21-5)17-7-8-22(19,20)14(3,4)10-17/h11H,6-10H2,1-5H3,(H,15,16). The maximum absolute atomic E-state index is 12.1. The summed E-state index contributed by atoms with van der Waals surface area (Å²) in [6.45, 7) is 8.94. The molecular formula is C14H27N3O4S. The van der Waals surface area contributed by atoms with E-state index in [-0.39, 0.29) is 17.6 Å². The second-order valence-electron chi connectivity index (χ2n) is 6.12. The second kappa shape index (κ2) is 7.30. The van der Waals surface area contributed by atoms with E-state index in [4.69, 9.17) is 0 Å². The minimum atomic E-state index is -3.09. The average Bonchev–Trinajstić information content (AvgIpc) is 2.45. The van der Waals surface area contributed by atoms with Gasteiger partial charge >= 0.3 is 5.97 Å². The van der Waals surface area contributed by atoms with Gasteiger partial charge in [-0.1, -0.05) is 6.92 Å². The molecule has 1 fully saturated rings. The molecule has 0 radical (unpaired) electrons. The quantitative estimate of drug-likeness (QED) is 0.451. The lowest BCUT2D eigenvalue weighted by atomic mass is 10.2. The topological polar surface area (TPSA) is 88.1 Å². The van der Waals surface area contributed by atoms with Crippen molar-refractivity contribution >= 4 is 21.8 Å². The number of hydrogen-bond acceptors (Lipinski definition) is 5. The Labute approximate surface area is 133 Å². The van der Waals surface area contributed by atoms with Crippen molar-refractivity contribution in [1.29, 1.82) is 0 Å². The van der Waals surface area contributed by atoms with Crippen LogP contribution in [0.1, 0.15) is 27.7 Å². The molecule has 0 aromatic carbocycles. The van der Waals surface area contributed by atoms with E-state index in [1.807, 2.05) is 11.8 Å². The van der Waals surface area contributed by atoms with E-state index in [0.29, 0.717) is 32.1 Å². The summed E-state index contributed by atoms with van der Waals surface area (Å²) in [6.07, 6.45) is 0. The lowest BCUT2D eigenvalue weighted by molar-refractivity contribution is -0.144. The number of hydrogen-bond donors (Lipinski definition) is 1. The van der Waals surface area contributed by atoms with Crippen LogP contribution in [0.15, 0.2) is 4.99 Å². The molecule has 0 aliphatic carbocycles. The average molecular weight is 333 g/mol. The zero-order valence-corrected chi connectivity index (χ0v) is 14.9. The van der Waals surface area contributed by atoms with Crippen LogP contribution in [0.5, 0.6) is 0 Å². The number of carbonyl (C=O) groups excluding carboxylic acids is 1. The Morgan fingerprint density at radius 3 is 2.59 bits per heavy atom. The molecule has 1 unspecified atom stereocenters. The van der Waals surface area contributed by atoms with Crippen LogP contribution < -0.4 is 5.32 Å². The second-order valence-corrected chi connectivity index (χ2v) is 8.86. The predicted octanol–water partition coefficient (Wildman–Crippen LogP) is 0.270. The molecule has 1 N–H and O–H groups in total. The summed E-state index contributed by atoms with van der Waals surface area (Å²) in [5.74, 6) is 0.110. The highest BCUT2D eigenvalue weighted by molar-refractivity contribution is 7.92. The number of carbonyl (C=O) groups is 1. The molecule has 0 aromatic heterocycles. The van der Waals surface area contributed by atoms with Gasteiger partial charge in [0.1, 0.15) is 0 Å². The smallest absolute Gasteiger partial charge is 0.310 e. The van der Waals surface area contributed by atoms with Gasteiger partial charge in [-0.3, -0.25) is 9.79 Å². The molecular weight excluding hydrogens is 306 g/mol. The predicted molar refractivity (Wildman–Crippen MR) is 86.6 cm³/mol. The van der Waals surface area contributed by atoms with Gasteiger partial charge in [0, 0.05) is 19.6 Å². The lowest BCUT2D eigenvalue weighted by Crippen LogP contribution is -2.57. The van der Waals surface area contributed by atoms with Crippen molar-refractivity contribution in [3.05, 3.63) is 0 Å². The van der Waals surface area contributed by atoms with E-state index in [2.05, 4.69) is 15.0 Å².